The number of carbonyl (C=O) groups excluding carboxylic acids is 1. The molecule has 0 spiro atoms. The van der Waals surface area contributed by atoms with Crippen molar-refractivity contribution in [1.82, 2.24) is 15.1 Å². The molecule has 0 radical (unpaired) electrons. The van der Waals surface area contributed by atoms with Gasteiger partial charge in [-0.1, -0.05) is 0 Å². The monoisotopic (exact) mass is 211 g/mol. The standard InChI is InChI=1S/C11H21N3O/c1-9-8-14(10-4-3-6-12-10)7-5-11(15)13(9)2/h9-10,12H,3-8H2,1-2H3. The van der Waals surface area contributed by atoms with Crippen LogP contribution in [0.2, 0.25) is 0 Å². The summed E-state index contributed by atoms with van der Waals surface area (Å²) in [6.45, 7) is 5.16. The Morgan fingerprint density at radius 2 is 2.27 bits per heavy atom. The summed E-state index contributed by atoms with van der Waals surface area (Å²) in [6, 6.07) is 0.336. The molecule has 2 unspecified atom stereocenters. The van der Waals surface area contributed by atoms with Crippen LogP contribution < -0.4 is 5.32 Å². The molecule has 2 saturated heterocycles. The van der Waals surface area contributed by atoms with Crippen molar-refractivity contribution in [2.75, 3.05) is 26.7 Å². The van der Waals surface area contributed by atoms with Gasteiger partial charge in [0.2, 0.25) is 5.91 Å². The average Bonchev–Trinajstić information content (AvgIpc) is 2.71. The van der Waals surface area contributed by atoms with Gasteiger partial charge in [-0.25, -0.2) is 0 Å². The van der Waals surface area contributed by atoms with E-state index in [9.17, 15) is 4.79 Å². The lowest BCUT2D eigenvalue weighted by atomic mass is 10.2. The maximum absolute atomic E-state index is 11.7. The van der Waals surface area contributed by atoms with Crippen molar-refractivity contribution >= 4 is 5.91 Å². The molecule has 0 saturated carbocycles. The zero-order valence-electron chi connectivity index (χ0n) is 9.70. The molecule has 86 valence electrons. The van der Waals surface area contributed by atoms with E-state index in [4.69, 9.17) is 0 Å². The molecule has 2 fully saturated rings. The minimum Gasteiger partial charge on any atom is -0.342 e. The molecular weight excluding hydrogens is 190 g/mol. The van der Waals surface area contributed by atoms with Gasteiger partial charge in [0.25, 0.3) is 0 Å². The molecule has 2 heterocycles. The van der Waals surface area contributed by atoms with Crippen LogP contribution in [-0.4, -0.2) is 54.6 Å². The number of carbonyl (C=O) groups is 1. The second-order valence-corrected chi connectivity index (χ2v) is 4.71. The smallest absolute Gasteiger partial charge is 0.223 e. The molecule has 4 nitrogen and oxygen atoms in total. The fraction of sp³-hybridized carbons (Fsp3) is 0.909. The van der Waals surface area contributed by atoms with E-state index in [0.717, 1.165) is 19.6 Å². The fourth-order valence-electron chi connectivity index (χ4n) is 2.48. The van der Waals surface area contributed by atoms with Gasteiger partial charge in [0.05, 0.1) is 6.17 Å². The summed E-state index contributed by atoms with van der Waals surface area (Å²) in [4.78, 5) is 16.0. The Bertz CT molecular complexity index is 238. The molecule has 0 bridgehead atoms. The molecular formula is C11H21N3O. The maximum atomic E-state index is 11.7. The molecule has 0 aromatic carbocycles. The van der Waals surface area contributed by atoms with Gasteiger partial charge in [0.1, 0.15) is 0 Å². The van der Waals surface area contributed by atoms with Crippen molar-refractivity contribution in [2.24, 2.45) is 0 Å². The van der Waals surface area contributed by atoms with Gasteiger partial charge in [0, 0.05) is 32.6 Å². The highest BCUT2D eigenvalue weighted by Gasteiger charge is 2.29. The maximum Gasteiger partial charge on any atom is 0.223 e. The lowest BCUT2D eigenvalue weighted by molar-refractivity contribution is -0.130. The highest BCUT2D eigenvalue weighted by Crippen LogP contribution is 2.16. The zero-order chi connectivity index (χ0) is 10.8. The van der Waals surface area contributed by atoms with Crippen LogP contribution in [0, 0.1) is 0 Å². The van der Waals surface area contributed by atoms with Crippen molar-refractivity contribution in [3.63, 3.8) is 0 Å². The summed E-state index contributed by atoms with van der Waals surface area (Å²) in [5.41, 5.74) is 0. The van der Waals surface area contributed by atoms with Gasteiger partial charge in [0.15, 0.2) is 0 Å². The number of rotatable bonds is 1. The Hall–Kier alpha value is -0.610. The quantitative estimate of drug-likeness (QED) is 0.675. The van der Waals surface area contributed by atoms with Crippen molar-refractivity contribution < 1.29 is 4.79 Å². The molecule has 1 N–H and O–H groups in total. The first-order chi connectivity index (χ1) is 7.18. The van der Waals surface area contributed by atoms with Gasteiger partial charge in [-0.3, -0.25) is 9.69 Å². The van der Waals surface area contributed by atoms with E-state index >= 15 is 0 Å². The molecule has 0 aromatic heterocycles. The van der Waals surface area contributed by atoms with Crippen molar-refractivity contribution in [3.05, 3.63) is 0 Å². The number of hydrogen-bond donors (Lipinski definition) is 1. The highest BCUT2D eigenvalue weighted by atomic mass is 16.2. The van der Waals surface area contributed by atoms with Crippen molar-refractivity contribution in [3.8, 4) is 0 Å². The minimum absolute atomic E-state index is 0.281. The molecule has 15 heavy (non-hydrogen) atoms. The normalized spacial score (nSPS) is 34.5. The summed E-state index contributed by atoms with van der Waals surface area (Å²) in [5, 5.41) is 3.50. The summed E-state index contributed by atoms with van der Waals surface area (Å²) in [5.74, 6) is 0.281. The SMILES string of the molecule is CC1CN(C2CCCN2)CCC(=O)N1C. The predicted molar refractivity (Wildman–Crippen MR) is 59.4 cm³/mol. The molecule has 2 aliphatic rings. The Morgan fingerprint density at radius 1 is 1.47 bits per heavy atom. The topological polar surface area (TPSA) is 35.6 Å². The van der Waals surface area contributed by atoms with Crippen molar-refractivity contribution in [2.45, 2.75) is 38.4 Å². The molecule has 0 aliphatic carbocycles. The first-order valence-electron chi connectivity index (χ1n) is 5.91. The molecule has 2 atom stereocenters. The Labute approximate surface area is 91.6 Å². The van der Waals surface area contributed by atoms with E-state index in [0.29, 0.717) is 18.6 Å². The van der Waals surface area contributed by atoms with E-state index in [1.165, 1.54) is 12.8 Å². The zero-order valence-corrected chi connectivity index (χ0v) is 9.70. The fourth-order valence-corrected chi connectivity index (χ4v) is 2.48. The second kappa shape index (κ2) is 4.49. The van der Waals surface area contributed by atoms with Crippen molar-refractivity contribution in [1.29, 1.82) is 0 Å². The average molecular weight is 211 g/mol. The minimum atomic E-state index is 0.281. The molecule has 2 aliphatic heterocycles. The Morgan fingerprint density at radius 3 is 2.93 bits per heavy atom. The highest BCUT2D eigenvalue weighted by molar-refractivity contribution is 5.76. The lowest BCUT2D eigenvalue weighted by Gasteiger charge is -2.30. The summed E-state index contributed by atoms with van der Waals surface area (Å²) in [7, 11) is 1.92. The van der Waals surface area contributed by atoms with E-state index in [1.54, 1.807) is 0 Å². The number of nitrogens with one attached hydrogen (secondary N) is 1. The number of amides is 1. The van der Waals surface area contributed by atoms with E-state index < -0.39 is 0 Å². The van der Waals surface area contributed by atoms with Gasteiger partial charge in [-0.2, -0.15) is 0 Å². The van der Waals surface area contributed by atoms with Crippen LogP contribution in [0.4, 0.5) is 0 Å². The first kappa shape index (κ1) is 10.9. The van der Waals surface area contributed by atoms with Crippen LogP contribution in [0.15, 0.2) is 0 Å². The Kier molecular flexibility index (Phi) is 3.26. The number of nitrogens with zero attached hydrogens (tertiary/aromatic N) is 2. The lowest BCUT2D eigenvalue weighted by Crippen LogP contribution is -2.46. The predicted octanol–water partition coefficient (Wildman–Crippen LogP) is 0.249. The summed E-state index contributed by atoms with van der Waals surface area (Å²) < 4.78 is 0. The molecule has 1 amide bonds. The largest absolute Gasteiger partial charge is 0.342 e. The Balaban J connectivity index is 1.99. The van der Waals surface area contributed by atoms with E-state index in [-0.39, 0.29) is 5.91 Å². The number of likely N-dealkylation sites (N-methyl/N-ethyl adjacent to an activating group) is 1. The molecule has 0 aromatic rings. The third-order valence-electron chi connectivity index (χ3n) is 3.64. The molecule has 2 rings (SSSR count). The second-order valence-electron chi connectivity index (χ2n) is 4.71. The van der Waals surface area contributed by atoms with Crippen LogP contribution in [-0.2, 0) is 4.79 Å². The first-order valence-corrected chi connectivity index (χ1v) is 5.91. The molecule has 4 heteroatoms. The van der Waals surface area contributed by atoms with Crippen LogP contribution in [0.25, 0.3) is 0 Å². The van der Waals surface area contributed by atoms with Gasteiger partial charge >= 0.3 is 0 Å². The van der Waals surface area contributed by atoms with Gasteiger partial charge in [-0.15, -0.1) is 0 Å². The summed E-state index contributed by atoms with van der Waals surface area (Å²) in [6.07, 6.45) is 3.66. The van der Waals surface area contributed by atoms with E-state index in [2.05, 4.69) is 17.1 Å². The third kappa shape index (κ3) is 2.32. The third-order valence-corrected chi connectivity index (χ3v) is 3.64. The van der Waals surface area contributed by atoms with Crippen LogP contribution in [0.1, 0.15) is 26.2 Å². The van der Waals surface area contributed by atoms with Crippen LogP contribution in [0.3, 0.4) is 0 Å². The van der Waals surface area contributed by atoms with Crippen LogP contribution in [0.5, 0.6) is 0 Å². The number of hydrogen-bond acceptors (Lipinski definition) is 3. The van der Waals surface area contributed by atoms with E-state index in [1.807, 2.05) is 11.9 Å². The summed E-state index contributed by atoms with van der Waals surface area (Å²) >= 11 is 0. The van der Waals surface area contributed by atoms with Gasteiger partial charge < -0.3 is 10.2 Å². The van der Waals surface area contributed by atoms with Gasteiger partial charge in [-0.05, 0) is 26.3 Å². The van der Waals surface area contributed by atoms with Crippen LogP contribution >= 0.6 is 0 Å².